The third kappa shape index (κ3) is 5.54. The van der Waals surface area contributed by atoms with Gasteiger partial charge in [-0.25, -0.2) is 9.18 Å². The highest BCUT2D eigenvalue weighted by Crippen LogP contribution is 2.29. The molecular weight excluding hydrogens is 394 g/mol. The molecule has 1 aliphatic rings. The summed E-state index contributed by atoms with van der Waals surface area (Å²) in [6, 6.07) is 11.8. The zero-order valence-electron chi connectivity index (χ0n) is 16.2. The standard InChI is InChI=1S/C22H24FO5P/c1-26-21(24)15-7-9-16(10-8-15)28-19-11-17(18(23)12-20(19)29)22(25)27-13-14-5-3-2-4-6-14/h2-6,11-12,15-16H,7-10,13,29H2,1H3/t15-,16+. The predicted octanol–water partition coefficient (Wildman–Crippen LogP) is 3.79. The van der Waals surface area contributed by atoms with E-state index >= 15 is 0 Å². The van der Waals surface area contributed by atoms with Crippen molar-refractivity contribution < 1.29 is 28.2 Å². The van der Waals surface area contributed by atoms with Crippen LogP contribution in [0.5, 0.6) is 5.75 Å². The topological polar surface area (TPSA) is 61.8 Å². The lowest BCUT2D eigenvalue weighted by Gasteiger charge is -2.28. The Kier molecular flexibility index (Phi) is 7.21. The molecule has 0 aliphatic heterocycles. The second kappa shape index (κ2) is 9.84. The lowest BCUT2D eigenvalue weighted by atomic mass is 9.87. The fourth-order valence-corrected chi connectivity index (χ4v) is 3.69. The molecule has 2 aromatic carbocycles. The Bertz CT molecular complexity index is 863. The SMILES string of the molecule is COC(=O)[C@H]1CC[C@@H](Oc2cc(C(=O)OCc3ccccc3)c(F)cc2P)CC1. The van der Waals surface area contributed by atoms with Crippen molar-refractivity contribution in [3.8, 4) is 5.75 Å². The Labute approximate surface area is 171 Å². The average Bonchev–Trinajstić information content (AvgIpc) is 2.74. The normalized spacial score (nSPS) is 18.7. The third-order valence-electron chi connectivity index (χ3n) is 5.03. The van der Waals surface area contributed by atoms with Crippen LogP contribution in [0.1, 0.15) is 41.6 Å². The Morgan fingerprint density at radius 1 is 1.10 bits per heavy atom. The number of esters is 2. The lowest BCUT2D eigenvalue weighted by Crippen LogP contribution is -2.29. The number of benzene rings is 2. The zero-order valence-corrected chi connectivity index (χ0v) is 17.4. The lowest BCUT2D eigenvalue weighted by molar-refractivity contribution is -0.147. The molecule has 154 valence electrons. The summed E-state index contributed by atoms with van der Waals surface area (Å²) < 4.78 is 30.4. The van der Waals surface area contributed by atoms with Crippen LogP contribution in [0.25, 0.3) is 0 Å². The molecule has 1 aliphatic carbocycles. The number of ether oxygens (including phenoxy) is 3. The van der Waals surface area contributed by atoms with E-state index in [4.69, 9.17) is 14.2 Å². The molecule has 0 saturated heterocycles. The number of rotatable bonds is 6. The second-order valence-corrected chi connectivity index (χ2v) is 7.67. The molecule has 0 spiro atoms. The number of halogens is 1. The van der Waals surface area contributed by atoms with Gasteiger partial charge in [-0.2, -0.15) is 0 Å². The number of methoxy groups -OCH3 is 1. The summed E-state index contributed by atoms with van der Waals surface area (Å²) in [5.74, 6) is -1.28. The van der Waals surface area contributed by atoms with Gasteiger partial charge in [0.2, 0.25) is 0 Å². The van der Waals surface area contributed by atoms with E-state index in [2.05, 4.69) is 9.24 Å². The smallest absolute Gasteiger partial charge is 0.341 e. The Morgan fingerprint density at radius 2 is 1.79 bits per heavy atom. The van der Waals surface area contributed by atoms with Gasteiger partial charge in [0, 0.05) is 5.30 Å². The van der Waals surface area contributed by atoms with Gasteiger partial charge in [0.05, 0.1) is 24.7 Å². The highest BCUT2D eigenvalue weighted by atomic mass is 31.0. The molecule has 3 rings (SSSR count). The van der Waals surface area contributed by atoms with Crippen molar-refractivity contribution in [1.29, 1.82) is 0 Å². The largest absolute Gasteiger partial charge is 0.490 e. The van der Waals surface area contributed by atoms with Gasteiger partial charge in [0.1, 0.15) is 18.2 Å². The van der Waals surface area contributed by atoms with Gasteiger partial charge in [-0.1, -0.05) is 30.3 Å². The molecule has 1 fully saturated rings. The van der Waals surface area contributed by atoms with E-state index in [1.54, 1.807) is 0 Å². The van der Waals surface area contributed by atoms with Crippen molar-refractivity contribution in [3.63, 3.8) is 0 Å². The van der Waals surface area contributed by atoms with Gasteiger partial charge >= 0.3 is 11.9 Å². The maximum Gasteiger partial charge on any atom is 0.341 e. The van der Waals surface area contributed by atoms with Crippen molar-refractivity contribution >= 4 is 26.5 Å². The summed E-state index contributed by atoms with van der Waals surface area (Å²) in [6.45, 7) is 0.0650. The highest BCUT2D eigenvalue weighted by molar-refractivity contribution is 7.27. The van der Waals surface area contributed by atoms with E-state index in [-0.39, 0.29) is 30.2 Å². The molecule has 1 atom stereocenters. The maximum absolute atomic E-state index is 14.3. The van der Waals surface area contributed by atoms with E-state index < -0.39 is 11.8 Å². The minimum Gasteiger partial charge on any atom is -0.490 e. The molecule has 0 heterocycles. The summed E-state index contributed by atoms with van der Waals surface area (Å²) >= 11 is 0. The van der Waals surface area contributed by atoms with E-state index in [0.29, 0.717) is 36.7 Å². The maximum atomic E-state index is 14.3. The molecule has 0 aromatic heterocycles. The second-order valence-electron chi connectivity index (χ2n) is 7.05. The Morgan fingerprint density at radius 3 is 2.45 bits per heavy atom. The Hall–Kier alpha value is -2.46. The minimum absolute atomic E-state index is 0.0650. The molecule has 0 N–H and O–H groups in total. The average molecular weight is 418 g/mol. The van der Waals surface area contributed by atoms with Crippen molar-refractivity contribution in [1.82, 2.24) is 0 Å². The van der Waals surface area contributed by atoms with Gasteiger partial charge < -0.3 is 14.2 Å². The first kappa shape index (κ1) is 21.3. The monoisotopic (exact) mass is 418 g/mol. The first-order valence-corrected chi connectivity index (χ1v) is 10.1. The van der Waals surface area contributed by atoms with Crippen LogP contribution >= 0.6 is 9.24 Å². The third-order valence-corrected chi connectivity index (χ3v) is 5.49. The van der Waals surface area contributed by atoms with E-state index in [1.807, 2.05) is 30.3 Å². The van der Waals surface area contributed by atoms with Crippen LogP contribution in [0.15, 0.2) is 42.5 Å². The summed E-state index contributed by atoms with van der Waals surface area (Å²) in [6.07, 6.45) is 2.63. The van der Waals surface area contributed by atoms with Gasteiger partial charge in [0.25, 0.3) is 0 Å². The van der Waals surface area contributed by atoms with E-state index in [1.165, 1.54) is 19.2 Å². The van der Waals surface area contributed by atoms with Crippen LogP contribution in [0, 0.1) is 11.7 Å². The highest BCUT2D eigenvalue weighted by Gasteiger charge is 2.28. The van der Waals surface area contributed by atoms with E-state index in [0.717, 1.165) is 5.56 Å². The quantitative estimate of drug-likeness (QED) is 0.528. The Balaban J connectivity index is 1.64. The fourth-order valence-electron chi connectivity index (χ4n) is 3.39. The first-order valence-electron chi connectivity index (χ1n) is 9.52. The summed E-state index contributed by atoms with van der Waals surface area (Å²) in [5.41, 5.74) is 0.660. The number of carbonyl (C=O) groups excluding carboxylic acids is 2. The van der Waals surface area contributed by atoms with Crippen LogP contribution in [-0.2, 0) is 20.9 Å². The van der Waals surface area contributed by atoms with Crippen LogP contribution in [0.2, 0.25) is 0 Å². The molecular formula is C22H24FO5P. The van der Waals surface area contributed by atoms with Crippen LogP contribution in [-0.4, -0.2) is 25.2 Å². The van der Waals surface area contributed by atoms with E-state index in [9.17, 15) is 14.0 Å². The molecule has 2 aromatic rings. The summed E-state index contributed by atoms with van der Waals surface area (Å²) in [4.78, 5) is 24.0. The summed E-state index contributed by atoms with van der Waals surface area (Å²) in [5, 5.41) is 0.525. The van der Waals surface area contributed by atoms with Crippen molar-refractivity contribution in [2.45, 2.75) is 38.4 Å². The first-order chi connectivity index (χ1) is 14.0. The molecule has 1 saturated carbocycles. The number of carbonyl (C=O) groups is 2. The predicted molar refractivity (Wildman–Crippen MR) is 110 cm³/mol. The summed E-state index contributed by atoms with van der Waals surface area (Å²) in [7, 11) is 3.82. The van der Waals surface area contributed by atoms with Gasteiger partial charge in [-0.05, 0) is 43.4 Å². The van der Waals surface area contributed by atoms with Gasteiger partial charge in [0.15, 0.2) is 0 Å². The van der Waals surface area contributed by atoms with Gasteiger partial charge in [-0.15, -0.1) is 9.24 Å². The van der Waals surface area contributed by atoms with Crippen molar-refractivity contribution in [3.05, 3.63) is 59.4 Å². The minimum atomic E-state index is -0.740. The molecule has 0 amide bonds. The van der Waals surface area contributed by atoms with Crippen molar-refractivity contribution in [2.24, 2.45) is 5.92 Å². The van der Waals surface area contributed by atoms with Crippen LogP contribution in [0.3, 0.4) is 0 Å². The van der Waals surface area contributed by atoms with Crippen LogP contribution < -0.4 is 10.0 Å². The molecule has 29 heavy (non-hydrogen) atoms. The molecule has 5 nitrogen and oxygen atoms in total. The number of hydrogen-bond acceptors (Lipinski definition) is 5. The molecule has 1 unspecified atom stereocenters. The fraction of sp³-hybridized carbons (Fsp3) is 0.364. The van der Waals surface area contributed by atoms with Crippen LogP contribution in [0.4, 0.5) is 4.39 Å². The number of hydrogen-bond donors (Lipinski definition) is 0. The molecule has 0 radical (unpaired) electrons. The van der Waals surface area contributed by atoms with Gasteiger partial charge in [-0.3, -0.25) is 4.79 Å². The van der Waals surface area contributed by atoms with Crippen molar-refractivity contribution in [2.75, 3.05) is 7.11 Å². The molecule has 7 heteroatoms. The molecule has 0 bridgehead atoms. The zero-order chi connectivity index (χ0) is 20.8.